The second-order valence-electron chi connectivity index (χ2n) is 16.0. The Hall–Kier alpha value is -7.94. The number of benzene rings is 10. The van der Waals surface area contributed by atoms with Gasteiger partial charge in [-0.1, -0.05) is 212 Å². The first-order chi connectivity index (χ1) is 30.3. The van der Waals surface area contributed by atoms with Crippen LogP contribution in [-0.4, -0.2) is 9.97 Å². The van der Waals surface area contributed by atoms with Gasteiger partial charge < -0.3 is 0 Å². The first-order valence-corrected chi connectivity index (χ1v) is 21.0. The van der Waals surface area contributed by atoms with Gasteiger partial charge in [0, 0.05) is 16.7 Å². The van der Waals surface area contributed by atoms with Crippen LogP contribution in [0.25, 0.3) is 88.5 Å². The molecular formula is C59H38N2. The predicted octanol–water partition coefficient (Wildman–Crippen LogP) is 15.0. The predicted molar refractivity (Wildman–Crippen MR) is 254 cm³/mol. The molecule has 0 fully saturated rings. The topological polar surface area (TPSA) is 25.8 Å². The van der Waals surface area contributed by atoms with Crippen LogP contribution in [0, 0.1) is 0 Å². The molecule has 61 heavy (non-hydrogen) atoms. The Kier molecular flexibility index (Phi) is 8.11. The van der Waals surface area contributed by atoms with Crippen molar-refractivity contribution in [2.75, 3.05) is 0 Å². The number of nitrogens with zero attached hydrogens (tertiary/aromatic N) is 2. The molecule has 2 nitrogen and oxygen atoms in total. The van der Waals surface area contributed by atoms with Crippen molar-refractivity contribution in [2.45, 2.75) is 5.41 Å². The monoisotopic (exact) mass is 774 g/mol. The first kappa shape index (κ1) is 35.0. The Morgan fingerprint density at radius 2 is 0.836 bits per heavy atom. The summed E-state index contributed by atoms with van der Waals surface area (Å²) in [5.74, 6) is 0.705. The number of hydrogen-bond acceptors (Lipinski definition) is 2. The number of rotatable bonds is 6. The highest BCUT2D eigenvalue weighted by molar-refractivity contribution is 6.17. The SMILES string of the molecule is c1ccc(-c2cc(-c3ccc4c(c3)C(c3ccccc3)(c3c5ccccc5c(-c5ccc6ccccc6c5)c5ccccc35)c3ccccc3-4)nc(-c3ccccc3)n2)cc1. The largest absolute Gasteiger partial charge is 0.228 e. The van der Waals surface area contributed by atoms with E-state index >= 15 is 0 Å². The quantitative estimate of drug-likeness (QED) is 0.157. The van der Waals surface area contributed by atoms with Crippen LogP contribution in [-0.2, 0) is 5.41 Å². The van der Waals surface area contributed by atoms with Crippen LogP contribution >= 0.6 is 0 Å². The van der Waals surface area contributed by atoms with Gasteiger partial charge in [-0.05, 0) is 95.0 Å². The molecular weight excluding hydrogens is 737 g/mol. The van der Waals surface area contributed by atoms with E-state index in [1.54, 1.807) is 0 Å². The molecule has 0 spiro atoms. The highest BCUT2D eigenvalue weighted by Gasteiger charge is 2.48. The molecule has 0 amide bonds. The Balaban J connectivity index is 1.19. The number of hydrogen-bond donors (Lipinski definition) is 0. The third-order valence-corrected chi connectivity index (χ3v) is 12.7. The van der Waals surface area contributed by atoms with E-state index in [0.29, 0.717) is 5.82 Å². The van der Waals surface area contributed by atoms with E-state index in [0.717, 1.165) is 28.1 Å². The summed E-state index contributed by atoms with van der Waals surface area (Å²) in [5, 5.41) is 7.42. The minimum atomic E-state index is -0.679. The molecule has 10 aromatic carbocycles. The maximum absolute atomic E-state index is 5.32. The number of fused-ring (bicyclic) bond motifs is 6. The third-order valence-electron chi connectivity index (χ3n) is 12.7. The van der Waals surface area contributed by atoms with Crippen LogP contribution in [0.2, 0.25) is 0 Å². The van der Waals surface area contributed by atoms with E-state index in [1.165, 1.54) is 76.8 Å². The molecule has 0 radical (unpaired) electrons. The van der Waals surface area contributed by atoms with Crippen molar-refractivity contribution >= 4 is 32.3 Å². The van der Waals surface area contributed by atoms with E-state index < -0.39 is 5.41 Å². The van der Waals surface area contributed by atoms with E-state index in [-0.39, 0.29) is 0 Å². The van der Waals surface area contributed by atoms with Crippen molar-refractivity contribution < 1.29 is 0 Å². The van der Waals surface area contributed by atoms with Crippen molar-refractivity contribution in [3.8, 4) is 56.2 Å². The van der Waals surface area contributed by atoms with Crippen LogP contribution in [0.4, 0.5) is 0 Å². The van der Waals surface area contributed by atoms with Gasteiger partial charge in [0.15, 0.2) is 5.82 Å². The normalized spacial score (nSPS) is 14.3. The van der Waals surface area contributed by atoms with Gasteiger partial charge in [0.1, 0.15) is 0 Å². The number of aromatic nitrogens is 2. The highest BCUT2D eigenvalue weighted by atomic mass is 14.9. The van der Waals surface area contributed by atoms with Crippen molar-refractivity contribution in [3.63, 3.8) is 0 Å². The highest BCUT2D eigenvalue weighted by Crippen LogP contribution is 2.60. The molecule has 0 N–H and O–H groups in total. The molecule has 1 heterocycles. The fourth-order valence-corrected chi connectivity index (χ4v) is 10.1. The summed E-state index contributed by atoms with van der Waals surface area (Å²) < 4.78 is 0. The van der Waals surface area contributed by atoms with Crippen molar-refractivity contribution in [1.82, 2.24) is 9.97 Å². The molecule has 1 unspecified atom stereocenters. The van der Waals surface area contributed by atoms with Gasteiger partial charge in [-0.25, -0.2) is 9.97 Å². The van der Waals surface area contributed by atoms with Gasteiger partial charge in [0.2, 0.25) is 0 Å². The van der Waals surface area contributed by atoms with Crippen LogP contribution in [0.5, 0.6) is 0 Å². The van der Waals surface area contributed by atoms with Crippen molar-refractivity contribution in [2.24, 2.45) is 0 Å². The van der Waals surface area contributed by atoms with E-state index in [1.807, 2.05) is 24.3 Å². The maximum atomic E-state index is 5.32. The maximum Gasteiger partial charge on any atom is 0.160 e. The summed E-state index contributed by atoms with van der Waals surface area (Å²) in [7, 11) is 0. The Morgan fingerprint density at radius 1 is 0.311 bits per heavy atom. The smallest absolute Gasteiger partial charge is 0.160 e. The van der Waals surface area contributed by atoms with Gasteiger partial charge in [0.25, 0.3) is 0 Å². The third kappa shape index (κ3) is 5.50. The molecule has 0 aliphatic heterocycles. The van der Waals surface area contributed by atoms with Gasteiger partial charge in [0.05, 0.1) is 16.8 Å². The molecule has 1 aliphatic carbocycles. The van der Waals surface area contributed by atoms with E-state index in [4.69, 9.17) is 9.97 Å². The minimum Gasteiger partial charge on any atom is -0.228 e. The fourth-order valence-electron chi connectivity index (χ4n) is 10.1. The van der Waals surface area contributed by atoms with Crippen LogP contribution in [0.15, 0.2) is 231 Å². The Labute approximate surface area is 355 Å². The molecule has 2 heteroatoms. The lowest BCUT2D eigenvalue weighted by atomic mass is 9.64. The Bertz CT molecular complexity index is 3350. The second kappa shape index (κ2) is 14.1. The zero-order valence-corrected chi connectivity index (χ0v) is 33.3. The first-order valence-electron chi connectivity index (χ1n) is 21.0. The van der Waals surface area contributed by atoms with Gasteiger partial charge in [-0.2, -0.15) is 0 Å². The van der Waals surface area contributed by atoms with E-state index in [9.17, 15) is 0 Å². The lowest BCUT2D eigenvalue weighted by Gasteiger charge is -2.36. The van der Waals surface area contributed by atoms with E-state index in [2.05, 4.69) is 206 Å². The lowest BCUT2D eigenvalue weighted by Crippen LogP contribution is -2.29. The molecule has 0 saturated carbocycles. The minimum absolute atomic E-state index is 0.679. The summed E-state index contributed by atoms with van der Waals surface area (Å²) in [6.07, 6.45) is 0. The molecule has 0 bridgehead atoms. The summed E-state index contributed by atoms with van der Waals surface area (Å²) in [6, 6.07) is 83.8. The molecule has 12 rings (SSSR count). The average Bonchev–Trinajstić information content (AvgIpc) is 3.63. The summed E-state index contributed by atoms with van der Waals surface area (Å²) in [6.45, 7) is 0. The zero-order chi connectivity index (χ0) is 40.3. The molecule has 11 aromatic rings. The average molecular weight is 775 g/mol. The van der Waals surface area contributed by atoms with Crippen LogP contribution in [0.1, 0.15) is 22.3 Å². The standard InChI is InChI=1S/C59H38N2/c1-4-19-40(20-5-1)54-38-55(61-58(60-54)41-21-6-2-7-22-41)43-34-35-47-46-26-16-17-31-52(46)59(53(47)37-43,45-24-8-3-9-25-45)57-50-29-14-12-27-48(50)56(49-28-13-15-30-51(49)57)44-33-32-39-18-10-11-23-42(39)36-44/h1-38H. The van der Waals surface area contributed by atoms with Gasteiger partial charge >= 0.3 is 0 Å². The second-order valence-corrected chi connectivity index (χ2v) is 16.0. The lowest BCUT2D eigenvalue weighted by molar-refractivity contribution is 0.784. The molecule has 1 atom stereocenters. The fraction of sp³-hybridized carbons (Fsp3) is 0.0169. The Morgan fingerprint density at radius 3 is 1.54 bits per heavy atom. The zero-order valence-electron chi connectivity index (χ0n) is 33.3. The molecule has 284 valence electrons. The van der Waals surface area contributed by atoms with Crippen LogP contribution in [0.3, 0.4) is 0 Å². The van der Waals surface area contributed by atoms with Gasteiger partial charge in [-0.3, -0.25) is 0 Å². The van der Waals surface area contributed by atoms with Crippen molar-refractivity contribution in [3.05, 3.63) is 253 Å². The summed E-state index contributed by atoms with van der Waals surface area (Å²) in [5.41, 5.74) is 14.2. The molecule has 1 aliphatic rings. The summed E-state index contributed by atoms with van der Waals surface area (Å²) >= 11 is 0. The van der Waals surface area contributed by atoms with Crippen LogP contribution < -0.4 is 0 Å². The van der Waals surface area contributed by atoms with Gasteiger partial charge in [-0.15, -0.1) is 0 Å². The van der Waals surface area contributed by atoms with Crippen molar-refractivity contribution in [1.29, 1.82) is 0 Å². The molecule has 1 aromatic heterocycles. The molecule has 0 saturated heterocycles. The summed E-state index contributed by atoms with van der Waals surface area (Å²) in [4.78, 5) is 10.5.